The van der Waals surface area contributed by atoms with Crippen molar-refractivity contribution >= 4 is 62.4 Å². The molecule has 0 aliphatic rings. The van der Waals surface area contributed by atoms with Crippen LogP contribution < -0.4 is 11.1 Å². The predicted molar refractivity (Wildman–Crippen MR) is 74.7 cm³/mol. The number of halogens is 1. The second-order valence-corrected chi connectivity index (χ2v) is 5.40. The van der Waals surface area contributed by atoms with E-state index >= 15 is 0 Å². The Labute approximate surface area is 119 Å². The third-order valence-electron chi connectivity index (χ3n) is 2.25. The number of nitrogens with zero attached hydrogens (tertiary/aromatic N) is 4. The van der Waals surface area contributed by atoms with Crippen LogP contribution >= 0.6 is 34.7 Å². The van der Waals surface area contributed by atoms with E-state index < -0.39 is 5.91 Å². The Morgan fingerprint density at radius 2 is 2.16 bits per heavy atom. The number of carbonyl (C=O) groups excluding carboxylic acids is 1. The second-order valence-electron chi connectivity index (χ2n) is 3.45. The average Bonchev–Trinajstić information content (AvgIpc) is 3.01. The van der Waals surface area contributed by atoms with Crippen LogP contribution in [0.4, 0.5) is 10.8 Å². The summed E-state index contributed by atoms with van der Waals surface area (Å²) in [5.74, 6) is -0.434. The zero-order valence-electron chi connectivity index (χ0n) is 9.12. The molecule has 0 saturated carbocycles. The Hall–Kier alpha value is -1.84. The molecule has 0 bridgehead atoms. The molecule has 96 valence electrons. The summed E-state index contributed by atoms with van der Waals surface area (Å²) in [7, 11) is 0. The first-order valence-electron chi connectivity index (χ1n) is 4.96. The van der Waals surface area contributed by atoms with Crippen LogP contribution in [0.5, 0.6) is 0 Å². The minimum atomic E-state index is -0.434. The maximum atomic E-state index is 12.0. The fourth-order valence-corrected chi connectivity index (χ4v) is 2.69. The van der Waals surface area contributed by atoms with Gasteiger partial charge in [0.05, 0.1) is 22.4 Å². The normalized spacial score (nSPS) is 10.8. The molecule has 1 aromatic carbocycles. The van der Waals surface area contributed by atoms with Crippen LogP contribution in [0.25, 0.3) is 11.0 Å². The fraction of sp³-hybridized carbons (Fsp3) is 0. The number of anilines is 2. The third kappa shape index (κ3) is 2.23. The van der Waals surface area contributed by atoms with Gasteiger partial charge in [-0.05, 0) is 12.1 Å². The molecule has 3 N–H and O–H groups in total. The number of amides is 1. The van der Waals surface area contributed by atoms with Gasteiger partial charge in [0.2, 0.25) is 10.1 Å². The lowest BCUT2D eigenvalue weighted by Crippen LogP contribution is -2.12. The van der Waals surface area contributed by atoms with Crippen LogP contribution in [0.15, 0.2) is 12.1 Å². The van der Waals surface area contributed by atoms with E-state index in [9.17, 15) is 4.79 Å². The van der Waals surface area contributed by atoms with Gasteiger partial charge in [-0.15, -0.1) is 10.2 Å². The van der Waals surface area contributed by atoms with Crippen LogP contribution in [0, 0.1) is 0 Å². The smallest absolute Gasteiger partial charge is 0.286 e. The Morgan fingerprint density at radius 1 is 1.32 bits per heavy atom. The van der Waals surface area contributed by atoms with Gasteiger partial charge in [0.1, 0.15) is 11.0 Å². The SMILES string of the molecule is Nc1nnc(C(=O)Nc2c(Cl)ccc3nsnc23)s1. The largest absolute Gasteiger partial charge is 0.374 e. The monoisotopic (exact) mass is 312 g/mol. The highest BCUT2D eigenvalue weighted by Crippen LogP contribution is 2.30. The van der Waals surface area contributed by atoms with Crippen LogP contribution in [0.2, 0.25) is 5.02 Å². The minimum Gasteiger partial charge on any atom is -0.374 e. The van der Waals surface area contributed by atoms with Crippen molar-refractivity contribution in [1.82, 2.24) is 18.9 Å². The van der Waals surface area contributed by atoms with Crippen molar-refractivity contribution in [2.24, 2.45) is 0 Å². The van der Waals surface area contributed by atoms with E-state index in [0.717, 1.165) is 23.1 Å². The molecule has 3 rings (SSSR count). The summed E-state index contributed by atoms with van der Waals surface area (Å²) >= 11 is 8.10. The molecule has 2 aromatic heterocycles. The highest BCUT2D eigenvalue weighted by atomic mass is 35.5. The molecule has 0 spiro atoms. The summed E-state index contributed by atoms with van der Waals surface area (Å²) in [6.45, 7) is 0. The molecule has 0 saturated heterocycles. The molecule has 7 nitrogen and oxygen atoms in total. The molecule has 0 aliphatic heterocycles. The zero-order chi connectivity index (χ0) is 13.4. The van der Waals surface area contributed by atoms with Gasteiger partial charge in [0, 0.05) is 0 Å². The summed E-state index contributed by atoms with van der Waals surface area (Å²) in [4.78, 5) is 12.0. The molecule has 0 fully saturated rings. The lowest BCUT2D eigenvalue weighted by atomic mass is 10.2. The second kappa shape index (κ2) is 4.68. The molecule has 0 aliphatic carbocycles. The number of hydrogen-bond acceptors (Lipinski definition) is 8. The van der Waals surface area contributed by atoms with E-state index in [1.165, 1.54) is 0 Å². The molecule has 10 heteroatoms. The Morgan fingerprint density at radius 3 is 2.89 bits per heavy atom. The molecule has 0 unspecified atom stereocenters. The lowest BCUT2D eigenvalue weighted by Gasteiger charge is -2.05. The van der Waals surface area contributed by atoms with Crippen molar-refractivity contribution in [2.75, 3.05) is 11.1 Å². The van der Waals surface area contributed by atoms with E-state index in [0.29, 0.717) is 21.7 Å². The molecule has 0 radical (unpaired) electrons. The van der Waals surface area contributed by atoms with E-state index in [4.69, 9.17) is 17.3 Å². The van der Waals surface area contributed by atoms with Crippen LogP contribution in [0.1, 0.15) is 9.80 Å². The van der Waals surface area contributed by atoms with Crippen molar-refractivity contribution in [3.8, 4) is 0 Å². The summed E-state index contributed by atoms with van der Waals surface area (Å²) in [6.07, 6.45) is 0. The van der Waals surface area contributed by atoms with Crippen molar-refractivity contribution < 1.29 is 4.79 Å². The average molecular weight is 313 g/mol. The van der Waals surface area contributed by atoms with E-state index in [-0.39, 0.29) is 10.1 Å². The van der Waals surface area contributed by atoms with Gasteiger partial charge in [-0.2, -0.15) is 8.75 Å². The number of fused-ring (bicyclic) bond motifs is 1. The zero-order valence-corrected chi connectivity index (χ0v) is 11.5. The molecule has 3 aromatic rings. The highest BCUT2D eigenvalue weighted by molar-refractivity contribution is 7.17. The van der Waals surface area contributed by atoms with E-state index in [1.54, 1.807) is 12.1 Å². The van der Waals surface area contributed by atoms with Crippen LogP contribution in [0.3, 0.4) is 0 Å². The first-order valence-corrected chi connectivity index (χ1v) is 6.89. The Kier molecular flexibility index (Phi) is 3.01. The fourth-order valence-electron chi connectivity index (χ4n) is 1.44. The third-order valence-corrected chi connectivity index (χ3v) is 3.86. The van der Waals surface area contributed by atoms with Gasteiger partial charge in [0.25, 0.3) is 5.91 Å². The minimum absolute atomic E-state index is 0.161. The van der Waals surface area contributed by atoms with Crippen molar-refractivity contribution in [2.45, 2.75) is 0 Å². The van der Waals surface area contributed by atoms with Gasteiger partial charge in [-0.1, -0.05) is 22.9 Å². The van der Waals surface area contributed by atoms with Crippen molar-refractivity contribution in [3.63, 3.8) is 0 Å². The van der Waals surface area contributed by atoms with Gasteiger partial charge >= 0.3 is 0 Å². The van der Waals surface area contributed by atoms with E-state index in [2.05, 4.69) is 24.3 Å². The molecule has 19 heavy (non-hydrogen) atoms. The van der Waals surface area contributed by atoms with Gasteiger partial charge in [-0.3, -0.25) is 4.79 Å². The molecule has 0 atom stereocenters. The number of nitrogens with two attached hydrogens (primary N) is 1. The van der Waals surface area contributed by atoms with Crippen molar-refractivity contribution in [1.29, 1.82) is 0 Å². The number of hydrogen-bond donors (Lipinski definition) is 2. The number of nitrogen functional groups attached to an aromatic ring is 1. The number of benzene rings is 1. The predicted octanol–water partition coefficient (Wildman–Crippen LogP) is 2.03. The van der Waals surface area contributed by atoms with E-state index in [1.807, 2.05) is 0 Å². The first-order chi connectivity index (χ1) is 9.15. The topological polar surface area (TPSA) is 107 Å². The Balaban J connectivity index is 1.99. The number of rotatable bonds is 2. The maximum Gasteiger partial charge on any atom is 0.286 e. The van der Waals surface area contributed by atoms with Crippen LogP contribution in [-0.2, 0) is 0 Å². The number of nitrogens with one attached hydrogen (secondary N) is 1. The summed E-state index contributed by atoms with van der Waals surface area (Å²) in [5.41, 5.74) is 7.05. The van der Waals surface area contributed by atoms with Gasteiger partial charge in [0.15, 0.2) is 0 Å². The Bertz CT molecular complexity index is 769. The van der Waals surface area contributed by atoms with Crippen LogP contribution in [-0.4, -0.2) is 24.9 Å². The highest BCUT2D eigenvalue weighted by Gasteiger charge is 2.16. The quantitative estimate of drug-likeness (QED) is 0.749. The van der Waals surface area contributed by atoms with Gasteiger partial charge in [-0.25, -0.2) is 0 Å². The van der Waals surface area contributed by atoms with Crippen molar-refractivity contribution in [3.05, 3.63) is 22.2 Å². The summed E-state index contributed by atoms with van der Waals surface area (Å²) in [5, 5.41) is 10.7. The number of carbonyl (C=O) groups is 1. The standard InChI is InChI=1S/C9H5ClN6OS2/c10-3-1-2-4-6(16-19-15-4)5(3)12-7(17)8-13-14-9(11)18-8/h1-2H,(H2,11,14)(H,12,17). The lowest BCUT2D eigenvalue weighted by molar-refractivity contribution is 0.102. The number of aromatic nitrogens is 4. The summed E-state index contributed by atoms with van der Waals surface area (Å²) < 4.78 is 8.19. The van der Waals surface area contributed by atoms with Gasteiger partial charge < -0.3 is 11.1 Å². The molecule has 2 heterocycles. The maximum absolute atomic E-state index is 12.0. The first kappa shape index (κ1) is 12.2. The molecular weight excluding hydrogens is 308 g/mol. The molecular formula is C9H5ClN6OS2. The molecule has 1 amide bonds. The summed E-state index contributed by atoms with van der Waals surface area (Å²) in [6, 6.07) is 3.38.